The van der Waals surface area contributed by atoms with Crippen LogP contribution in [0.1, 0.15) is 32.6 Å². The van der Waals surface area contributed by atoms with Gasteiger partial charge in [-0.3, -0.25) is 4.68 Å². The van der Waals surface area contributed by atoms with E-state index in [1.807, 2.05) is 7.05 Å². The monoisotopic (exact) mass is 422 g/mol. The SMILES string of the molecule is C[C@@H]1C2CCC(CC2)[C@H]1Nc1nc(-c2c[nH]c3c(F)cc(F)cc23)nc2c1cnn2C. The predicted molar refractivity (Wildman–Crippen MR) is 116 cm³/mol. The maximum Gasteiger partial charge on any atom is 0.166 e. The Kier molecular flexibility index (Phi) is 4.07. The van der Waals surface area contributed by atoms with Crippen LogP contribution in [0.3, 0.4) is 0 Å². The van der Waals surface area contributed by atoms with Crippen LogP contribution in [-0.2, 0) is 7.05 Å². The van der Waals surface area contributed by atoms with Gasteiger partial charge in [-0.25, -0.2) is 18.7 Å². The third kappa shape index (κ3) is 2.84. The van der Waals surface area contributed by atoms with Crippen molar-refractivity contribution >= 4 is 27.8 Å². The summed E-state index contributed by atoms with van der Waals surface area (Å²) in [5.74, 6) is 1.88. The van der Waals surface area contributed by atoms with E-state index in [0.29, 0.717) is 40.3 Å². The molecule has 2 atom stereocenters. The molecule has 160 valence electrons. The fourth-order valence-corrected chi connectivity index (χ4v) is 5.75. The van der Waals surface area contributed by atoms with Crippen molar-refractivity contribution in [1.82, 2.24) is 24.7 Å². The quantitative estimate of drug-likeness (QED) is 0.486. The fraction of sp³-hybridized carbons (Fsp3) is 0.435. The van der Waals surface area contributed by atoms with Gasteiger partial charge in [-0.2, -0.15) is 5.10 Å². The van der Waals surface area contributed by atoms with Crippen molar-refractivity contribution in [2.24, 2.45) is 24.8 Å². The van der Waals surface area contributed by atoms with Gasteiger partial charge in [-0.1, -0.05) is 6.92 Å². The second kappa shape index (κ2) is 6.73. The largest absolute Gasteiger partial charge is 0.366 e. The number of halogens is 2. The van der Waals surface area contributed by atoms with Gasteiger partial charge in [0.05, 0.1) is 17.1 Å². The number of anilines is 1. The molecule has 8 heteroatoms. The van der Waals surface area contributed by atoms with Crippen molar-refractivity contribution in [3.63, 3.8) is 0 Å². The summed E-state index contributed by atoms with van der Waals surface area (Å²) >= 11 is 0. The van der Waals surface area contributed by atoms with Crippen molar-refractivity contribution in [2.75, 3.05) is 5.32 Å². The van der Waals surface area contributed by atoms with Crippen LogP contribution >= 0.6 is 0 Å². The Morgan fingerprint density at radius 1 is 1.06 bits per heavy atom. The minimum absolute atomic E-state index is 0.248. The van der Waals surface area contributed by atoms with Crippen LogP contribution in [0.2, 0.25) is 0 Å². The lowest BCUT2D eigenvalue weighted by atomic mass is 9.62. The zero-order valence-corrected chi connectivity index (χ0v) is 17.5. The van der Waals surface area contributed by atoms with E-state index in [4.69, 9.17) is 9.97 Å². The molecule has 7 rings (SSSR count). The summed E-state index contributed by atoms with van der Waals surface area (Å²) in [5.41, 5.74) is 1.50. The van der Waals surface area contributed by atoms with Crippen LogP contribution in [0, 0.1) is 29.4 Å². The summed E-state index contributed by atoms with van der Waals surface area (Å²) in [5, 5.41) is 9.39. The molecule has 0 radical (unpaired) electrons. The van der Waals surface area contributed by atoms with E-state index < -0.39 is 11.6 Å². The Bertz CT molecular complexity index is 1300. The number of nitrogens with one attached hydrogen (secondary N) is 2. The lowest BCUT2D eigenvalue weighted by molar-refractivity contribution is 0.0929. The molecular weight excluding hydrogens is 398 g/mol. The molecule has 4 aromatic rings. The number of nitrogens with zero attached hydrogens (tertiary/aromatic N) is 4. The Hall–Kier alpha value is -3.03. The molecule has 3 heterocycles. The average Bonchev–Trinajstić information content (AvgIpc) is 3.35. The summed E-state index contributed by atoms with van der Waals surface area (Å²) in [6.45, 7) is 2.33. The van der Waals surface area contributed by atoms with Crippen LogP contribution in [0.5, 0.6) is 0 Å². The van der Waals surface area contributed by atoms with Gasteiger partial charge in [0.2, 0.25) is 0 Å². The minimum Gasteiger partial charge on any atom is -0.366 e. The highest BCUT2D eigenvalue weighted by molar-refractivity contribution is 5.96. The zero-order chi connectivity index (χ0) is 21.3. The summed E-state index contributed by atoms with van der Waals surface area (Å²) in [6.07, 6.45) is 8.55. The Morgan fingerprint density at radius 2 is 1.84 bits per heavy atom. The summed E-state index contributed by atoms with van der Waals surface area (Å²) in [7, 11) is 1.84. The molecule has 2 bridgehead atoms. The van der Waals surface area contributed by atoms with E-state index in [1.54, 1.807) is 17.1 Å². The van der Waals surface area contributed by atoms with Crippen molar-refractivity contribution in [2.45, 2.75) is 38.6 Å². The summed E-state index contributed by atoms with van der Waals surface area (Å²) in [6, 6.07) is 2.55. The van der Waals surface area contributed by atoms with E-state index in [9.17, 15) is 8.78 Å². The highest BCUT2D eigenvalue weighted by atomic mass is 19.1. The van der Waals surface area contributed by atoms with Crippen LogP contribution in [0.25, 0.3) is 33.3 Å². The normalized spacial score (nSPS) is 25.5. The molecule has 6 nitrogen and oxygen atoms in total. The second-order valence-corrected chi connectivity index (χ2v) is 9.12. The number of fused-ring (bicyclic) bond motifs is 5. The van der Waals surface area contributed by atoms with Crippen molar-refractivity contribution in [3.05, 3.63) is 36.2 Å². The maximum absolute atomic E-state index is 14.2. The lowest BCUT2D eigenvalue weighted by Crippen LogP contribution is -2.47. The molecule has 1 aromatic carbocycles. The Morgan fingerprint density at radius 3 is 2.61 bits per heavy atom. The Labute approximate surface area is 178 Å². The first-order valence-corrected chi connectivity index (χ1v) is 10.9. The van der Waals surface area contributed by atoms with E-state index >= 15 is 0 Å². The van der Waals surface area contributed by atoms with Gasteiger partial charge < -0.3 is 10.3 Å². The molecule has 2 N–H and O–H groups in total. The topological polar surface area (TPSA) is 71.4 Å². The number of aromatic nitrogens is 5. The first-order valence-electron chi connectivity index (χ1n) is 10.9. The van der Waals surface area contributed by atoms with Crippen molar-refractivity contribution in [1.29, 1.82) is 0 Å². The lowest BCUT2D eigenvalue weighted by Gasteiger charge is -2.47. The third-order valence-electron chi connectivity index (χ3n) is 7.48. The minimum atomic E-state index is -0.631. The fourth-order valence-electron chi connectivity index (χ4n) is 5.75. The highest BCUT2D eigenvalue weighted by Gasteiger charge is 2.41. The molecule has 3 saturated carbocycles. The number of rotatable bonds is 3. The number of benzene rings is 1. The molecule has 0 unspecified atom stereocenters. The molecular formula is C23H24F2N6. The van der Waals surface area contributed by atoms with E-state index in [0.717, 1.165) is 23.2 Å². The van der Waals surface area contributed by atoms with Gasteiger partial charge in [0.25, 0.3) is 0 Å². The van der Waals surface area contributed by atoms with E-state index in [1.165, 1.54) is 31.7 Å². The van der Waals surface area contributed by atoms with Gasteiger partial charge >= 0.3 is 0 Å². The molecule has 3 aliphatic carbocycles. The molecule has 0 amide bonds. The van der Waals surface area contributed by atoms with Gasteiger partial charge in [0.15, 0.2) is 11.5 Å². The van der Waals surface area contributed by atoms with Gasteiger partial charge in [0.1, 0.15) is 17.5 Å². The number of aromatic amines is 1. The number of H-pyrrole nitrogens is 1. The maximum atomic E-state index is 14.2. The standard InChI is InChI=1S/C23H24F2N6/c1-11-12-3-5-13(6-4-12)19(11)28-22-17-10-27-31(2)23(17)30-21(29-22)16-9-26-20-15(16)7-14(24)8-18(20)25/h7-13,19,26H,3-6H2,1-2H3,(H,28,29,30)/t11-,12?,13?,19+/m1/s1. The smallest absolute Gasteiger partial charge is 0.166 e. The number of aryl methyl sites for hydroxylation is 1. The van der Waals surface area contributed by atoms with Gasteiger partial charge in [0, 0.05) is 36.3 Å². The molecule has 0 aliphatic heterocycles. The van der Waals surface area contributed by atoms with E-state index in [-0.39, 0.29) is 5.52 Å². The van der Waals surface area contributed by atoms with Crippen LogP contribution in [0.15, 0.2) is 24.5 Å². The summed E-state index contributed by atoms with van der Waals surface area (Å²) in [4.78, 5) is 12.4. The first-order chi connectivity index (χ1) is 15.0. The van der Waals surface area contributed by atoms with E-state index in [2.05, 4.69) is 22.3 Å². The third-order valence-corrected chi connectivity index (χ3v) is 7.48. The molecule has 3 aromatic heterocycles. The van der Waals surface area contributed by atoms with Crippen LogP contribution < -0.4 is 5.32 Å². The molecule has 31 heavy (non-hydrogen) atoms. The molecule has 3 aliphatic rings. The predicted octanol–water partition coefficient (Wildman–Crippen LogP) is 5.03. The Balaban J connectivity index is 1.49. The number of hydrogen-bond donors (Lipinski definition) is 2. The van der Waals surface area contributed by atoms with Crippen LogP contribution in [-0.4, -0.2) is 30.8 Å². The second-order valence-electron chi connectivity index (χ2n) is 9.12. The van der Waals surface area contributed by atoms with Crippen LogP contribution in [0.4, 0.5) is 14.6 Å². The van der Waals surface area contributed by atoms with Gasteiger partial charge in [-0.15, -0.1) is 0 Å². The highest BCUT2D eigenvalue weighted by Crippen LogP contribution is 2.46. The first kappa shape index (κ1) is 18.7. The molecule has 0 spiro atoms. The molecule has 0 saturated heterocycles. The number of hydrogen-bond acceptors (Lipinski definition) is 4. The summed E-state index contributed by atoms with van der Waals surface area (Å²) < 4.78 is 29.9. The molecule has 3 fully saturated rings. The van der Waals surface area contributed by atoms with Crippen molar-refractivity contribution < 1.29 is 8.78 Å². The average molecular weight is 422 g/mol. The van der Waals surface area contributed by atoms with Crippen molar-refractivity contribution in [3.8, 4) is 11.4 Å². The van der Waals surface area contributed by atoms with Gasteiger partial charge in [-0.05, 0) is 49.5 Å². The zero-order valence-electron chi connectivity index (χ0n) is 17.5.